The normalized spacial score (nSPS) is 11.9. The Morgan fingerprint density at radius 2 is 1.89 bits per heavy atom. The molecule has 5 rings (SSSR count). The summed E-state index contributed by atoms with van der Waals surface area (Å²) in [4.78, 5) is 22.0. The molecular formula is C25H15Cl2F4N4O2S+. The highest BCUT2D eigenvalue weighted by Crippen LogP contribution is 2.36. The van der Waals surface area contributed by atoms with Crippen LogP contribution in [-0.4, -0.2) is 19.5 Å². The van der Waals surface area contributed by atoms with Gasteiger partial charge in [0.1, 0.15) is 12.4 Å². The molecule has 13 heteroatoms. The van der Waals surface area contributed by atoms with Crippen molar-refractivity contribution in [2.45, 2.75) is 19.6 Å². The Kier molecular flexibility index (Phi) is 6.62. The molecule has 0 bridgehead atoms. The lowest BCUT2D eigenvalue weighted by Gasteiger charge is -2.13. The lowest BCUT2D eigenvalue weighted by atomic mass is 10.0. The van der Waals surface area contributed by atoms with E-state index < -0.39 is 29.0 Å². The van der Waals surface area contributed by atoms with Crippen LogP contribution < -0.4 is 10.1 Å². The molecular weight excluding hydrogens is 567 g/mol. The van der Waals surface area contributed by atoms with Gasteiger partial charge in [0.05, 0.1) is 27.4 Å². The number of aryl methyl sites for hydroxylation is 1. The number of halogens is 6. The molecule has 1 N–H and O–H groups in total. The number of benzene rings is 1. The standard InChI is InChI=1S/C25H14Cl2F4N4O2S/c1-12-3-2-6-34-21(12)35(11-15-10-33-24(27)38-15)23(37)19(22(34)36)16-7-13(4-5-18(16)28)20-17(26)8-14(9-32-20)25(29,30)31/h2-10H,11H2,1H3/p+1. The van der Waals surface area contributed by atoms with Crippen LogP contribution in [0, 0.1) is 12.7 Å². The zero-order chi connectivity index (χ0) is 27.4. The van der Waals surface area contributed by atoms with E-state index in [1.54, 1.807) is 19.1 Å². The van der Waals surface area contributed by atoms with Gasteiger partial charge in [0.25, 0.3) is 11.5 Å². The van der Waals surface area contributed by atoms with E-state index in [-0.39, 0.29) is 38.4 Å². The first-order chi connectivity index (χ1) is 18.0. The molecule has 194 valence electrons. The predicted molar refractivity (Wildman–Crippen MR) is 135 cm³/mol. The van der Waals surface area contributed by atoms with Crippen molar-refractivity contribution in [1.29, 1.82) is 0 Å². The van der Waals surface area contributed by atoms with Crippen molar-refractivity contribution in [2.75, 3.05) is 0 Å². The van der Waals surface area contributed by atoms with E-state index >= 15 is 4.39 Å². The van der Waals surface area contributed by atoms with Gasteiger partial charge in [-0.15, -0.1) is 11.3 Å². The summed E-state index contributed by atoms with van der Waals surface area (Å²) in [7, 11) is 0. The third-order valence-electron chi connectivity index (χ3n) is 5.85. The van der Waals surface area contributed by atoms with E-state index in [1.165, 1.54) is 44.8 Å². The zero-order valence-electron chi connectivity index (χ0n) is 19.2. The fourth-order valence-corrected chi connectivity index (χ4v) is 5.38. The van der Waals surface area contributed by atoms with Crippen LogP contribution in [0.25, 0.3) is 28.0 Å². The Morgan fingerprint density at radius 3 is 2.55 bits per heavy atom. The molecule has 0 saturated heterocycles. The van der Waals surface area contributed by atoms with Crippen LogP contribution >= 0.6 is 34.5 Å². The van der Waals surface area contributed by atoms with Crippen LogP contribution in [0.15, 0.2) is 59.8 Å². The monoisotopic (exact) mass is 581 g/mol. The van der Waals surface area contributed by atoms with Gasteiger partial charge >= 0.3 is 11.7 Å². The third kappa shape index (κ3) is 4.61. The first kappa shape index (κ1) is 26.1. The van der Waals surface area contributed by atoms with Crippen LogP contribution in [-0.2, 0) is 12.7 Å². The van der Waals surface area contributed by atoms with Crippen LogP contribution in [0.4, 0.5) is 17.6 Å². The summed E-state index contributed by atoms with van der Waals surface area (Å²) >= 11 is 13.2. The number of hydrogen-bond donors (Lipinski definition) is 1. The van der Waals surface area contributed by atoms with Gasteiger partial charge in [0, 0.05) is 29.1 Å². The van der Waals surface area contributed by atoms with E-state index in [4.69, 9.17) is 23.2 Å². The van der Waals surface area contributed by atoms with Crippen molar-refractivity contribution in [3.05, 3.63) is 96.7 Å². The van der Waals surface area contributed by atoms with Gasteiger partial charge in [-0.3, -0.25) is 4.98 Å². The molecule has 0 radical (unpaired) electrons. The number of rotatable bonds is 4. The Bertz CT molecular complexity index is 1790. The highest BCUT2D eigenvalue weighted by Gasteiger charge is 2.32. The lowest BCUT2D eigenvalue weighted by molar-refractivity contribution is -0.671. The second kappa shape index (κ2) is 9.64. The SMILES string of the molecule is Cc1cccn2c(=O)c(-c3cc(-c4ncc(C(F)(F)F)cc4Cl)ccc3F)c(O)[n+](Cc3cnc(Cl)s3)c12. The average molecular weight is 582 g/mol. The molecule has 0 aliphatic rings. The highest BCUT2D eigenvalue weighted by molar-refractivity contribution is 7.15. The molecule has 1 aromatic carbocycles. The summed E-state index contributed by atoms with van der Waals surface area (Å²) in [6, 6.07) is 7.61. The van der Waals surface area contributed by atoms with Crippen molar-refractivity contribution in [3.63, 3.8) is 0 Å². The summed E-state index contributed by atoms with van der Waals surface area (Å²) < 4.78 is 57.4. The topological polar surface area (TPSA) is 71.4 Å². The van der Waals surface area contributed by atoms with Crippen molar-refractivity contribution in [3.8, 4) is 28.3 Å². The molecule has 0 spiro atoms. The Hall–Kier alpha value is -3.54. The smallest absolute Gasteiger partial charge is 0.417 e. The summed E-state index contributed by atoms with van der Waals surface area (Å²) in [5.74, 6) is -1.36. The van der Waals surface area contributed by atoms with Crippen molar-refractivity contribution in [2.24, 2.45) is 0 Å². The summed E-state index contributed by atoms with van der Waals surface area (Å²) in [6.45, 7) is 1.83. The number of nitrogens with zero attached hydrogens (tertiary/aromatic N) is 4. The maximum atomic E-state index is 15.2. The Balaban J connectivity index is 1.74. The minimum absolute atomic E-state index is 0.0516. The molecule has 0 unspecified atom stereocenters. The van der Waals surface area contributed by atoms with Gasteiger partial charge in [-0.05, 0) is 43.3 Å². The van der Waals surface area contributed by atoms with Crippen LogP contribution in [0.1, 0.15) is 16.0 Å². The number of hydrogen-bond acceptors (Lipinski definition) is 5. The second-order valence-corrected chi connectivity index (χ2v) is 10.4. The number of thiazole rings is 1. The quantitative estimate of drug-likeness (QED) is 0.200. The molecule has 4 heterocycles. The van der Waals surface area contributed by atoms with Crippen molar-refractivity contribution in [1.82, 2.24) is 14.4 Å². The van der Waals surface area contributed by atoms with Gasteiger partial charge in [-0.25, -0.2) is 14.2 Å². The molecule has 38 heavy (non-hydrogen) atoms. The van der Waals surface area contributed by atoms with Gasteiger partial charge in [-0.1, -0.05) is 23.2 Å². The largest absolute Gasteiger partial charge is 0.477 e. The van der Waals surface area contributed by atoms with E-state index in [2.05, 4.69) is 9.97 Å². The predicted octanol–water partition coefficient (Wildman–Crippen LogP) is 6.30. The second-order valence-electron chi connectivity index (χ2n) is 8.30. The maximum absolute atomic E-state index is 15.2. The number of fused-ring (bicyclic) bond motifs is 1. The molecule has 0 fully saturated rings. The van der Waals surface area contributed by atoms with Crippen molar-refractivity contribution >= 4 is 40.2 Å². The summed E-state index contributed by atoms with van der Waals surface area (Å²) in [6.07, 6.45) is -1.02. The summed E-state index contributed by atoms with van der Waals surface area (Å²) in [5, 5.41) is 11.0. The van der Waals surface area contributed by atoms with Gasteiger partial charge in [0.15, 0.2) is 10.0 Å². The molecule has 0 atom stereocenters. The molecule has 0 aliphatic carbocycles. The molecule has 0 saturated carbocycles. The molecule has 5 aromatic rings. The number of aromatic nitrogens is 4. The maximum Gasteiger partial charge on any atom is 0.417 e. The Labute approximate surface area is 226 Å². The van der Waals surface area contributed by atoms with E-state index in [0.717, 1.165) is 6.07 Å². The van der Waals surface area contributed by atoms with Crippen LogP contribution in [0.2, 0.25) is 9.49 Å². The first-order valence-corrected chi connectivity index (χ1v) is 12.4. The Morgan fingerprint density at radius 1 is 1.13 bits per heavy atom. The number of pyridine rings is 2. The fraction of sp³-hybridized carbons (Fsp3) is 0.120. The van der Waals surface area contributed by atoms with Crippen LogP contribution in [0.3, 0.4) is 0 Å². The van der Waals surface area contributed by atoms with Crippen LogP contribution in [0.5, 0.6) is 5.88 Å². The fourth-order valence-electron chi connectivity index (χ4n) is 4.13. The molecule has 6 nitrogen and oxygen atoms in total. The highest BCUT2D eigenvalue weighted by atomic mass is 35.5. The van der Waals surface area contributed by atoms with Gasteiger partial charge in [-0.2, -0.15) is 22.1 Å². The van der Waals surface area contributed by atoms with E-state index in [1.807, 2.05) is 0 Å². The van der Waals surface area contributed by atoms with Gasteiger partial charge in [0.2, 0.25) is 0 Å². The average Bonchev–Trinajstić information content (AvgIpc) is 3.27. The third-order valence-corrected chi connectivity index (χ3v) is 7.23. The minimum Gasteiger partial charge on any atom is -0.477 e. The number of alkyl halides is 3. The minimum atomic E-state index is -4.65. The molecule has 0 aliphatic heterocycles. The lowest BCUT2D eigenvalue weighted by Crippen LogP contribution is -2.41. The molecule has 4 aromatic heterocycles. The van der Waals surface area contributed by atoms with Gasteiger partial charge < -0.3 is 5.11 Å². The van der Waals surface area contributed by atoms with Crippen molar-refractivity contribution < 1.29 is 27.2 Å². The zero-order valence-corrected chi connectivity index (χ0v) is 21.6. The van der Waals surface area contributed by atoms with E-state index in [9.17, 15) is 23.1 Å². The number of aromatic hydroxyl groups is 1. The summed E-state index contributed by atoms with van der Waals surface area (Å²) in [5.41, 5.74) is -1.26. The first-order valence-electron chi connectivity index (χ1n) is 10.9. The molecule has 0 amide bonds. The van der Waals surface area contributed by atoms with E-state index in [0.29, 0.717) is 28.4 Å².